The van der Waals surface area contributed by atoms with Crippen LogP contribution in [-0.4, -0.2) is 28.0 Å². The monoisotopic (exact) mass is 274 g/mol. The molecular weight excluding hydrogens is 248 g/mol. The van der Waals surface area contributed by atoms with E-state index in [0.717, 1.165) is 19.3 Å². The third kappa shape index (κ3) is 6.93. The van der Waals surface area contributed by atoms with Crippen LogP contribution in [0.4, 0.5) is 0 Å². The van der Waals surface area contributed by atoms with E-state index in [1.807, 2.05) is 20.8 Å². The van der Waals surface area contributed by atoms with E-state index >= 15 is 0 Å². The van der Waals surface area contributed by atoms with E-state index in [-0.39, 0.29) is 5.97 Å². The first-order valence-corrected chi connectivity index (χ1v) is 8.70. The molecule has 0 atom stereocenters. The molecule has 5 heteroatoms. The zero-order valence-electron chi connectivity index (χ0n) is 12.0. The highest BCUT2D eigenvalue weighted by atomic mass is 28.4. The molecular formula is C13H26O4Si. The Labute approximate surface area is 112 Å². The molecule has 0 aliphatic carbocycles. The predicted molar refractivity (Wildman–Crippen MR) is 74.2 cm³/mol. The molecule has 0 rings (SSSR count). The van der Waals surface area contributed by atoms with Gasteiger partial charge in [0.1, 0.15) is 0 Å². The van der Waals surface area contributed by atoms with E-state index in [9.17, 15) is 4.79 Å². The second-order valence-corrected chi connectivity index (χ2v) is 6.70. The first-order valence-electron chi connectivity index (χ1n) is 6.77. The van der Waals surface area contributed by atoms with Crippen molar-refractivity contribution < 1.29 is 18.1 Å². The summed E-state index contributed by atoms with van der Waals surface area (Å²) in [5.41, 5.74) is 0. The van der Waals surface area contributed by atoms with Crippen LogP contribution in [0.25, 0.3) is 0 Å². The summed E-state index contributed by atoms with van der Waals surface area (Å²) in [6, 6.07) is 0.677. The number of hydrogen-bond acceptors (Lipinski definition) is 4. The lowest BCUT2D eigenvalue weighted by atomic mass is 10.5. The van der Waals surface area contributed by atoms with Gasteiger partial charge in [-0.3, -0.25) is 0 Å². The maximum Gasteiger partial charge on any atom is 0.568 e. The van der Waals surface area contributed by atoms with Gasteiger partial charge in [0.2, 0.25) is 0 Å². The zero-order valence-corrected chi connectivity index (χ0v) is 13.0. The van der Waals surface area contributed by atoms with Crippen molar-refractivity contribution in [3.8, 4) is 0 Å². The Morgan fingerprint density at radius 2 is 1.61 bits per heavy atom. The van der Waals surface area contributed by atoms with Crippen molar-refractivity contribution in [1.82, 2.24) is 0 Å². The van der Waals surface area contributed by atoms with Crippen molar-refractivity contribution in [2.75, 3.05) is 13.2 Å². The molecule has 0 aromatic rings. The highest BCUT2D eigenvalue weighted by molar-refractivity contribution is 6.62. The molecule has 0 unspecified atom stereocenters. The van der Waals surface area contributed by atoms with Crippen LogP contribution in [0.15, 0.2) is 12.2 Å². The highest BCUT2D eigenvalue weighted by Gasteiger charge is 2.43. The van der Waals surface area contributed by atoms with Gasteiger partial charge in [0.05, 0.1) is 0 Å². The number of carbonyl (C=O) groups excluding carboxylic acids is 1. The average molecular weight is 274 g/mol. The van der Waals surface area contributed by atoms with Gasteiger partial charge < -0.3 is 13.3 Å². The lowest BCUT2D eigenvalue weighted by molar-refractivity contribution is -0.134. The van der Waals surface area contributed by atoms with Crippen LogP contribution < -0.4 is 0 Å². The van der Waals surface area contributed by atoms with Gasteiger partial charge >= 0.3 is 14.8 Å². The first kappa shape index (κ1) is 17.3. The van der Waals surface area contributed by atoms with Crippen molar-refractivity contribution in [2.45, 2.75) is 53.0 Å². The maximum atomic E-state index is 11.6. The van der Waals surface area contributed by atoms with Gasteiger partial charge in [-0.05, 0) is 19.8 Å². The normalized spacial score (nSPS) is 12.0. The fourth-order valence-electron chi connectivity index (χ4n) is 1.44. The summed E-state index contributed by atoms with van der Waals surface area (Å²) in [5.74, 6) is -0.371. The largest absolute Gasteiger partial charge is 0.568 e. The van der Waals surface area contributed by atoms with Crippen molar-refractivity contribution in [3.05, 3.63) is 12.2 Å². The summed E-state index contributed by atoms with van der Waals surface area (Å²) in [7, 11) is -2.84. The molecule has 18 heavy (non-hydrogen) atoms. The molecule has 0 saturated heterocycles. The lowest BCUT2D eigenvalue weighted by Crippen LogP contribution is -2.47. The van der Waals surface area contributed by atoms with E-state index < -0.39 is 8.80 Å². The quantitative estimate of drug-likeness (QED) is 0.453. The Morgan fingerprint density at radius 1 is 1.06 bits per heavy atom. The standard InChI is InChI=1S/C13H26O4Si/c1-5-9-13(14)17-18(12-8-4,15-10-6-2)16-11-7-3/h5,9H,6-8,10-12H2,1-4H3. The minimum Gasteiger partial charge on any atom is -0.470 e. The second kappa shape index (κ2) is 10.3. The summed E-state index contributed by atoms with van der Waals surface area (Å²) < 4.78 is 17.0. The Hall–Kier alpha value is -0.653. The molecule has 0 bridgehead atoms. The Kier molecular flexibility index (Phi) is 9.91. The smallest absolute Gasteiger partial charge is 0.470 e. The van der Waals surface area contributed by atoms with E-state index in [4.69, 9.17) is 13.3 Å². The SMILES string of the molecule is CC=CC(=O)O[Si](CCC)(OCCC)OCCC. The fourth-order valence-corrected chi connectivity index (χ4v) is 4.05. The first-order chi connectivity index (χ1) is 8.64. The number of rotatable bonds is 10. The van der Waals surface area contributed by atoms with Crippen LogP contribution in [0.3, 0.4) is 0 Å². The molecule has 0 amide bonds. The van der Waals surface area contributed by atoms with Crippen molar-refractivity contribution in [2.24, 2.45) is 0 Å². The van der Waals surface area contributed by atoms with Crippen LogP contribution >= 0.6 is 0 Å². The van der Waals surface area contributed by atoms with Crippen LogP contribution in [0.2, 0.25) is 6.04 Å². The van der Waals surface area contributed by atoms with E-state index in [2.05, 4.69) is 0 Å². The summed E-state index contributed by atoms with van der Waals surface area (Å²) in [6.45, 7) is 9.01. The minimum atomic E-state index is -2.84. The van der Waals surface area contributed by atoms with Crippen LogP contribution in [-0.2, 0) is 18.1 Å². The Morgan fingerprint density at radius 3 is 2.00 bits per heavy atom. The Bertz CT molecular complexity index is 245. The molecule has 0 N–H and O–H groups in total. The summed E-state index contributed by atoms with van der Waals surface area (Å²) in [6.07, 6.45) is 5.71. The van der Waals surface area contributed by atoms with Crippen molar-refractivity contribution >= 4 is 14.8 Å². The molecule has 0 saturated carbocycles. The van der Waals surface area contributed by atoms with Gasteiger partial charge in [-0.25, -0.2) is 4.79 Å². The molecule has 0 aromatic heterocycles. The molecule has 0 spiro atoms. The molecule has 0 aliphatic rings. The molecule has 106 valence electrons. The molecule has 0 aliphatic heterocycles. The fraction of sp³-hybridized carbons (Fsp3) is 0.769. The maximum absolute atomic E-state index is 11.6. The molecule has 0 fully saturated rings. The topological polar surface area (TPSA) is 44.8 Å². The summed E-state index contributed by atoms with van der Waals surface area (Å²) in [5, 5.41) is 0. The van der Waals surface area contributed by atoms with Gasteiger partial charge in [0, 0.05) is 25.3 Å². The van der Waals surface area contributed by atoms with Crippen LogP contribution in [0, 0.1) is 0 Å². The van der Waals surface area contributed by atoms with E-state index in [1.165, 1.54) is 6.08 Å². The van der Waals surface area contributed by atoms with Crippen molar-refractivity contribution in [3.63, 3.8) is 0 Å². The predicted octanol–water partition coefficient (Wildman–Crippen LogP) is 3.31. The number of carbonyl (C=O) groups is 1. The third-order valence-electron chi connectivity index (χ3n) is 2.17. The minimum absolute atomic E-state index is 0.371. The van der Waals surface area contributed by atoms with E-state index in [1.54, 1.807) is 13.0 Å². The highest BCUT2D eigenvalue weighted by Crippen LogP contribution is 2.19. The van der Waals surface area contributed by atoms with Crippen LogP contribution in [0.1, 0.15) is 47.0 Å². The van der Waals surface area contributed by atoms with Gasteiger partial charge in [-0.15, -0.1) is 0 Å². The summed E-state index contributed by atoms with van der Waals surface area (Å²) in [4.78, 5) is 11.6. The van der Waals surface area contributed by atoms with Crippen LogP contribution in [0.5, 0.6) is 0 Å². The second-order valence-electron chi connectivity index (χ2n) is 4.05. The lowest BCUT2D eigenvalue weighted by Gasteiger charge is -2.28. The van der Waals surface area contributed by atoms with Gasteiger partial charge in [-0.1, -0.05) is 33.3 Å². The number of hydrogen-bond donors (Lipinski definition) is 0. The van der Waals surface area contributed by atoms with Gasteiger partial charge in [0.15, 0.2) is 0 Å². The van der Waals surface area contributed by atoms with E-state index in [0.29, 0.717) is 19.3 Å². The number of allylic oxidation sites excluding steroid dienone is 1. The summed E-state index contributed by atoms with van der Waals surface area (Å²) >= 11 is 0. The third-order valence-corrected chi connectivity index (χ3v) is 5.08. The molecule has 0 heterocycles. The van der Waals surface area contributed by atoms with Crippen molar-refractivity contribution in [1.29, 1.82) is 0 Å². The zero-order chi connectivity index (χ0) is 13.9. The average Bonchev–Trinajstić information content (AvgIpc) is 2.34. The van der Waals surface area contributed by atoms with Gasteiger partial charge in [-0.2, -0.15) is 0 Å². The Balaban J connectivity index is 4.73. The molecule has 0 aromatic carbocycles. The van der Waals surface area contributed by atoms with Gasteiger partial charge in [0.25, 0.3) is 0 Å². The molecule has 0 radical (unpaired) electrons. The molecule has 4 nitrogen and oxygen atoms in total.